The number of halogens is 2. The van der Waals surface area contributed by atoms with Crippen LogP contribution in [-0.2, 0) is 17.8 Å². The number of amides is 1. The third-order valence-corrected chi connectivity index (χ3v) is 3.68. The van der Waals surface area contributed by atoms with E-state index in [2.05, 4.69) is 10.5 Å². The van der Waals surface area contributed by atoms with Gasteiger partial charge < -0.3 is 9.84 Å². The molecular weight excluding hydrogens is 331 g/mol. The van der Waals surface area contributed by atoms with Crippen LogP contribution in [0.3, 0.4) is 0 Å². The zero-order valence-electron chi connectivity index (χ0n) is 12.6. The van der Waals surface area contributed by atoms with Crippen LogP contribution in [0.25, 0.3) is 11.3 Å². The monoisotopic (exact) mass is 344 g/mol. The van der Waals surface area contributed by atoms with E-state index in [1.54, 1.807) is 30.3 Å². The first-order chi connectivity index (χ1) is 11.6. The molecule has 6 heteroatoms. The van der Waals surface area contributed by atoms with Gasteiger partial charge in [-0.2, -0.15) is 0 Å². The topological polar surface area (TPSA) is 55.1 Å². The lowest BCUT2D eigenvalue weighted by atomic mass is 10.1. The molecule has 0 aliphatic rings. The molecule has 122 valence electrons. The summed E-state index contributed by atoms with van der Waals surface area (Å²) < 4.78 is 18.1. The van der Waals surface area contributed by atoms with Crippen LogP contribution in [0.15, 0.2) is 59.1 Å². The maximum Gasteiger partial charge on any atom is 0.226 e. The van der Waals surface area contributed by atoms with Crippen molar-refractivity contribution in [2.24, 2.45) is 0 Å². The van der Waals surface area contributed by atoms with Crippen molar-refractivity contribution in [1.29, 1.82) is 0 Å². The zero-order chi connectivity index (χ0) is 16.9. The highest BCUT2D eigenvalue weighted by Gasteiger charge is 2.10. The largest absolute Gasteiger partial charge is 0.356 e. The van der Waals surface area contributed by atoms with Crippen LogP contribution in [0.4, 0.5) is 4.39 Å². The molecule has 0 aliphatic carbocycles. The molecule has 0 saturated carbocycles. The van der Waals surface area contributed by atoms with Crippen molar-refractivity contribution in [2.75, 3.05) is 0 Å². The number of aromatic nitrogens is 1. The Morgan fingerprint density at radius 2 is 1.83 bits per heavy atom. The Labute approximate surface area is 143 Å². The van der Waals surface area contributed by atoms with E-state index < -0.39 is 0 Å². The summed E-state index contributed by atoms with van der Waals surface area (Å²) in [6.07, 6.45) is 0.109. The van der Waals surface area contributed by atoms with Crippen LogP contribution in [0.2, 0.25) is 5.02 Å². The van der Waals surface area contributed by atoms with Gasteiger partial charge in [-0.05, 0) is 42.0 Å². The molecular formula is C18H14ClFN2O2. The molecule has 0 atom stereocenters. The van der Waals surface area contributed by atoms with Crippen molar-refractivity contribution in [1.82, 2.24) is 10.5 Å². The number of nitrogens with zero attached hydrogens (tertiary/aromatic N) is 1. The van der Waals surface area contributed by atoms with Gasteiger partial charge in [0.1, 0.15) is 5.82 Å². The Hall–Kier alpha value is -2.66. The normalized spacial score (nSPS) is 10.6. The molecule has 3 aromatic rings. The van der Waals surface area contributed by atoms with Crippen LogP contribution in [0, 0.1) is 5.82 Å². The van der Waals surface area contributed by atoms with Gasteiger partial charge in [-0.25, -0.2) is 4.39 Å². The second-order valence-electron chi connectivity index (χ2n) is 5.27. The van der Waals surface area contributed by atoms with Gasteiger partial charge in [0.05, 0.1) is 12.1 Å². The summed E-state index contributed by atoms with van der Waals surface area (Å²) in [7, 11) is 0. The first-order valence-corrected chi connectivity index (χ1v) is 7.70. The van der Waals surface area contributed by atoms with Crippen molar-refractivity contribution in [3.05, 3.63) is 76.7 Å². The number of benzene rings is 2. The molecule has 2 aromatic carbocycles. The van der Waals surface area contributed by atoms with Crippen LogP contribution in [-0.4, -0.2) is 11.1 Å². The maximum absolute atomic E-state index is 12.9. The first-order valence-electron chi connectivity index (χ1n) is 7.33. The SMILES string of the molecule is O=C(Cc1cc(-c2ccc(F)cc2)on1)NCc1ccc(Cl)cc1. The van der Waals surface area contributed by atoms with Crippen molar-refractivity contribution in [3.8, 4) is 11.3 Å². The van der Waals surface area contributed by atoms with Crippen LogP contribution in [0.5, 0.6) is 0 Å². The lowest BCUT2D eigenvalue weighted by Gasteiger charge is -2.04. The minimum Gasteiger partial charge on any atom is -0.356 e. The van der Waals surface area contributed by atoms with E-state index in [9.17, 15) is 9.18 Å². The highest BCUT2D eigenvalue weighted by atomic mass is 35.5. The summed E-state index contributed by atoms with van der Waals surface area (Å²) in [4.78, 5) is 12.0. The molecule has 0 aliphatic heterocycles. The zero-order valence-corrected chi connectivity index (χ0v) is 13.4. The number of rotatable bonds is 5. The quantitative estimate of drug-likeness (QED) is 0.761. The van der Waals surface area contributed by atoms with E-state index in [0.29, 0.717) is 28.6 Å². The van der Waals surface area contributed by atoms with Gasteiger partial charge in [-0.1, -0.05) is 28.9 Å². The van der Waals surface area contributed by atoms with Gasteiger partial charge in [0.2, 0.25) is 5.91 Å². The fourth-order valence-electron chi connectivity index (χ4n) is 2.18. The van der Waals surface area contributed by atoms with Gasteiger partial charge in [0, 0.05) is 23.2 Å². The van der Waals surface area contributed by atoms with E-state index in [-0.39, 0.29) is 18.1 Å². The summed E-state index contributed by atoms with van der Waals surface area (Å²) in [5.41, 5.74) is 2.18. The molecule has 24 heavy (non-hydrogen) atoms. The molecule has 0 unspecified atom stereocenters. The van der Waals surface area contributed by atoms with E-state index in [1.165, 1.54) is 12.1 Å². The van der Waals surface area contributed by atoms with E-state index in [4.69, 9.17) is 16.1 Å². The number of nitrogens with one attached hydrogen (secondary N) is 1. The molecule has 0 spiro atoms. The van der Waals surface area contributed by atoms with E-state index in [1.807, 2.05) is 12.1 Å². The summed E-state index contributed by atoms with van der Waals surface area (Å²) in [5.74, 6) is 0.0134. The minimum absolute atomic E-state index is 0.109. The molecule has 0 bridgehead atoms. The van der Waals surface area contributed by atoms with Crippen molar-refractivity contribution < 1.29 is 13.7 Å². The Bertz CT molecular complexity index is 829. The highest BCUT2D eigenvalue weighted by Crippen LogP contribution is 2.20. The summed E-state index contributed by atoms with van der Waals surface area (Å²) >= 11 is 5.82. The highest BCUT2D eigenvalue weighted by molar-refractivity contribution is 6.30. The summed E-state index contributed by atoms with van der Waals surface area (Å²) in [5, 5.41) is 7.34. The minimum atomic E-state index is -0.319. The van der Waals surface area contributed by atoms with Gasteiger partial charge in [-0.3, -0.25) is 4.79 Å². The molecule has 1 aromatic heterocycles. The number of hydrogen-bond acceptors (Lipinski definition) is 3. The molecule has 1 N–H and O–H groups in total. The van der Waals surface area contributed by atoms with E-state index >= 15 is 0 Å². The maximum atomic E-state index is 12.9. The standard InChI is InChI=1S/C18H14ClFN2O2/c19-14-5-1-12(2-6-14)11-21-18(23)10-16-9-17(24-22-16)13-3-7-15(20)8-4-13/h1-9H,10-11H2,(H,21,23). The Morgan fingerprint density at radius 3 is 2.54 bits per heavy atom. The molecule has 4 nitrogen and oxygen atoms in total. The number of hydrogen-bond donors (Lipinski definition) is 1. The van der Waals surface area contributed by atoms with Gasteiger partial charge in [-0.15, -0.1) is 0 Å². The second kappa shape index (κ2) is 7.27. The predicted molar refractivity (Wildman–Crippen MR) is 88.9 cm³/mol. The lowest BCUT2D eigenvalue weighted by molar-refractivity contribution is -0.120. The van der Waals surface area contributed by atoms with Crippen molar-refractivity contribution in [3.63, 3.8) is 0 Å². The molecule has 1 amide bonds. The second-order valence-corrected chi connectivity index (χ2v) is 5.71. The van der Waals surface area contributed by atoms with Gasteiger partial charge in [0.15, 0.2) is 5.76 Å². The predicted octanol–water partition coefficient (Wildman–Crippen LogP) is 3.99. The number of carbonyl (C=O) groups excluding carboxylic acids is 1. The van der Waals surface area contributed by atoms with Crippen LogP contribution in [0.1, 0.15) is 11.3 Å². The Balaban J connectivity index is 1.57. The third-order valence-electron chi connectivity index (χ3n) is 3.43. The molecule has 3 rings (SSSR count). The average molecular weight is 345 g/mol. The number of carbonyl (C=O) groups is 1. The van der Waals surface area contributed by atoms with Crippen molar-refractivity contribution >= 4 is 17.5 Å². The van der Waals surface area contributed by atoms with Crippen LogP contribution >= 0.6 is 11.6 Å². The average Bonchev–Trinajstić information content (AvgIpc) is 3.03. The van der Waals surface area contributed by atoms with Crippen molar-refractivity contribution in [2.45, 2.75) is 13.0 Å². The summed E-state index contributed by atoms with van der Waals surface area (Å²) in [6, 6.07) is 14.8. The molecule has 0 radical (unpaired) electrons. The Morgan fingerprint density at radius 1 is 1.12 bits per heavy atom. The lowest BCUT2D eigenvalue weighted by Crippen LogP contribution is -2.24. The molecule has 1 heterocycles. The Kier molecular flexibility index (Phi) is 4.91. The summed E-state index contributed by atoms with van der Waals surface area (Å²) in [6.45, 7) is 0.415. The smallest absolute Gasteiger partial charge is 0.226 e. The first kappa shape index (κ1) is 16.2. The fraction of sp³-hybridized carbons (Fsp3) is 0.111. The van der Waals surface area contributed by atoms with Gasteiger partial charge in [0.25, 0.3) is 0 Å². The molecule has 0 fully saturated rings. The molecule has 0 saturated heterocycles. The van der Waals surface area contributed by atoms with Gasteiger partial charge >= 0.3 is 0 Å². The van der Waals surface area contributed by atoms with Crippen LogP contribution < -0.4 is 5.32 Å². The third kappa shape index (κ3) is 4.20. The van der Waals surface area contributed by atoms with E-state index in [0.717, 1.165) is 5.56 Å². The fourth-order valence-corrected chi connectivity index (χ4v) is 2.30.